The van der Waals surface area contributed by atoms with E-state index in [2.05, 4.69) is 37.0 Å². The van der Waals surface area contributed by atoms with Crippen molar-refractivity contribution in [3.05, 3.63) is 29.6 Å². The van der Waals surface area contributed by atoms with Crippen LogP contribution in [0.25, 0.3) is 0 Å². The lowest BCUT2D eigenvalue weighted by Gasteiger charge is -2.19. The Kier molecular flexibility index (Phi) is 1.87. The van der Waals surface area contributed by atoms with Gasteiger partial charge in [-0.15, -0.1) is 0 Å². The van der Waals surface area contributed by atoms with Crippen LogP contribution >= 0.6 is 0 Å². The minimum Gasteiger partial charge on any atom is -0.208 e. The fraction of sp³-hybridized carbons (Fsp3) is 0.545. The molecule has 12 heavy (non-hydrogen) atoms. The number of aryl methyl sites for hydroxylation is 2. The van der Waals surface area contributed by atoms with Gasteiger partial charge in [0.1, 0.15) is 7.05 Å². The van der Waals surface area contributed by atoms with Gasteiger partial charge in [0.05, 0.1) is 0 Å². The number of rotatable bonds is 0. The summed E-state index contributed by atoms with van der Waals surface area (Å²) in [6.45, 7) is 2.34. The van der Waals surface area contributed by atoms with Crippen LogP contribution in [0.2, 0.25) is 0 Å². The molecule has 1 unspecified atom stereocenters. The molecule has 0 saturated carbocycles. The van der Waals surface area contributed by atoms with Crippen LogP contribution in [0.1, 0.15) is 24.5 Å². The molecular weight excluding hydrogens is 146 g/mol. The van der Waals surface area contributed by atoms with Crippen molar-refractivity contribution < 1.29 is 4.57 Å². The van der Waals surface area contributed by atoms with Gasteiger partial charge in [0.15, 0.2) is 12.4 Å². The fourth-order valence-corrected chi connectivity index (χ4v) is 1.99. The fourth-order valence-electron chi connectivity index (χ4n) is 1.99. The summed E-state index contributed by atoms with van der Waals surface area (Å²) in [5.74, 6) is 0.880. The van der Waals surface area contributed by atoms with E-state index in [1.807, 2.05) is 0 Å². The molecule has 0 N–H and O–H groups in total. The van der Waals surface area contributed by atoms with Gasteiger partial charge in [-0.2, -0.15) is 0 Å². The van der Waals surface area contributed by atoms with E-state index in [4.69, 9.17) is 0 Å². The molecule has 64 valence electrons. The van der Waals surface area contributed by atoms with Crippen LogP contribution in [0, 0.1) is 5.92 Å². The van der Waals surface area contributed by atoms with E-state index in [-0.39, 0.29) is 0 Å². The summed E-state index contributed by atoms with van der Waals surface area (Å²) in [7, 11) is 2.10. The van der Waals surface area contributed by atoms with E-state index in [1.54, 1.807) is 11.1 Å². The molecule has 1 heteroatoms. The second kappa shape index (κ2) is 2.89. The molecule has 0 bridgehead atoms. The van der Waals surface area contributed by atoms with Crippen molar-refractivity contribution in [1.29, 1.82) is 0 Å². The van der Waals surface area contributed by atoms with Crippen LogP contribution in [-0.2, 0) is 19.9 Å². The number of aromatic nitrogens is 1. The maximum absolute atomic E-state index is 2.34. The van der Waals surface area contributed by atoms with Gasteiger partial charge in [-0.3, -0.25) is 0 Å². The Labute approximate surface area is 74.0 Å². The first-order valence-corrected chi connectivity index (χ1v) is 4.73. The largest absolute Gasteiger partial charge is 0.208 e. The second-order valence-electron chi connectivity index (χ2n) is 4.01. The van der Waals surface area contributed by atoms with Crippen molar-refractivity contribution in [1.82, 2.24) is 0 Å². The van der Waals surface area contributed by atoms with Crippen LogP contribution in [-0.4, -0.2) is 0 Å². The number of fused-ring (bicyclic) bond motifs is 1. The van der Waals surface area contributed by atoms with Gasteiger partial charge in [-0.05, 0) is 30.7 Å². The highest BCUT2D eigenvalue weighted by Gasteiger charge is 2.16. The van der Waals surface area contributed by atoms with Gasteiger partial charge >= 0.3 is 0 Å². The summed E-state index contributed by atoms with van der Waals surface area (Å²) in [4.78, 5) is 0. The molecule has 1 heterocycles. The Bertz CT molecular complexity index is 291. The Morgan fingerprint density at radius 1 is 1.42 bits per heavy atom. The van der Waals surface area contributed by atoms with Crippen LogP contribution in [0.3, 0.4) is 0 Å². The van der Waals surface area contributed by atoms with E-state index in [9.17, 15) is 0 Å². The summed E-state index contributed by atoms with van der Waals surface area (Å²) in [5.41, 5.74) is 3.12. The molecule has 0 spiro atoms. The lowest BCUT2D eigenvalue weighted by molar-refractivity contribution is -0.672. The predicted octanol–water partition coefficient (Wildman–Crippen LogP) is 1.64. The van der Waals surface area contributed by atoms with Gasteiger partial charge < -0.3 is 0 Å². The molecule has 1 aliphatic carbocycles. The smallest absolute Gasteiger partial charge is 0.171 e. The van der Waals surface area contributed by atoms with Gasteiger partial charge in [0, 0.05) is 11.6 Å². The topological polar surface area (TPSA) is 3.88 Å². The monoisotopic (exact) mass is 162 g/mol. The molecule has 0 aromatic carbocycles. The molecule has 2 rings (SSSR count). The van der Waals surface area contributed by atoms with Gasteiger partial charge in [-0.25, -0.2) is 4.57 Å². The summed E-state index contributed by atoms with van der Waals surface area (Å²) in [6, 6.07) is 2.27. The molecule has 0 radical (unpaired) electrons. The van der Waals surface area contributed by atoms with E-state index in [0.717, 1.165) is 5.92 Å². The van der Waals surface area contributed by atoms with Crippen molar-refractivity contribution in [2.75, 3.05) is 0 Å². The number of hydrogen-bond donors (Lipinski definition) is 0. The molecule has 1 aliphatic rings. The zero-order valence-corrected chi connectivity index (χ0v) is 7.88. The summed E-state index contributed by atoms with van der Waals surface area (Å²) in [6.07, 6.45) is 8.32. The highest BCUT2D eigenvalue weighted by Crippen LogP contribution is 2.23. The summed E-state index contributed by atoms with van der Waals surface area (Å²) >= 11 is 0. The lowest BCUT2D eigenvalue weighted by atomic mass is 9.86. The van der Waals surface area contributed by atoms with Crippen molar-refractivity contribution in [2.45, 2.75) is 26.2 Å². The highest BCUT2D eigenvalue weighted by molar-refractivity contribution is 5.24. The Hall–Kier alpha value is -0.850. The normalized spacial score (nSPS) is 22.0. The SMILES string of the molecule is CC1CCc2c[n+](C)ccc2C1. The third-order valence-electron chi connectivity index (χ3n) is 2.76. The molecular formula is C11H16N+. The maximum atomic E-state index is 2.34. The highest BCUT2D eigenvalue weighted by atomic mass is 14.9. The first kappa shape index (κ1) is 7.78. The Balaban J connectivity index is 2.37. The van der Waals surface area contributed by atoms with Crippen molar-refractivity contribution >= 4 is 0 Å². The third-order valence-corrected chi connectivity index (χ3v) is 2.76. The van der Waals surface area contributed by atoms with E-state index in [1.165, 1.54) is 19.3 Å². The second-order valence-corrected chi connectivity index (χ2v) is 4.01. The first-order chi connectivity index (χ1) is 5.75. The average Bonchev–Trinajstić information content (AvgIpc) is 2.05. The Morgan fingerprint density at radius 3 is 3.08 bits per heavy atom. The number of nitrogens with zero attached hydrogens (tertiary/aromatic N) is 1. The molecule has 1 aromatic heterocycles. The van der Waals surface area contributed by atoms with E-state index in [0.29, 0.717) is 0 Å². The number of hydrogen-bond acceptors (Lipinski definition) is 0. The maximum Gasteiger partial charge on any atom is 0.171 e. The molecule has 1 nitrogen and oxygen atoms in total. The van der Waals surface area contributed by atoms with Crippen LogP contribution in [0.5, 0.6) is 0 Å². The molecule has 0 saturated heterocycles. The molecule has 0 fully saturated rings. The van der Waals surface area contributed by atoms with Crippen molar-refractivity contribution in [3.63, 3.8) is 0 Å². The minimum absolute atomic E-state index is 0.880. The predicted molar refractivity (Wildman–Crippen MR) is 48.8 cm³/mol. The van der Waals surface area contributed by atoms with E-state index >= 15 is 0 Å². The van der Waals surface area contributed by atoms with Crippen LogP contribution in [0.4, 0.5) is 0 Å². The van der Waals surface area contributed by atoms with Crippen molar-refractivity contribution in [2.24, 2.45) is 13.0 Å². The first-order valence-electron chi connectivity index (χ1n) is 4.73. The zero-order valence-electron chi connectivity index (χ0n) is 7.88. The number of pyridine rings is 1. The Morgan fingerprint density at radius 2 is 2.25 bits per heavy atom. The third kappa shape index (κ3) is 1.36. The van der Waals surface area contributed by atoms with Gasteiger partial charge in [0.25, 0.3) is 0 Å². The minimum atomic E-state index is 0.880. The lowest BCUT2D eigenvalue weighted by Crippen LogP contribution is -2.29. The molecule has 1 atom stereocenters. The summed E-state index contributed by atoms with van der Waals surface area (Å²) in [5, 5.41) is 0. The molecule has 1 aromatic rings. The van der Waals surface area contributed by atoms with Crippen LogP contribution < -0.4 is 4.57 Å². The molecule has 0 amide bonds. The van der Waals surface area contributed by atoms with Gasteiger partial charge in [0.2, 0.25) is 0 Å². The van der Waals surface area contributed by atoms with Crippen LogP contribution in [0.15, 0.2) is 18.5 Å². The standard InChI is InChI=1S/C11H16N/c1-9-3-4-11-8-12(2)6-5-10(11)7-9/h5-6,8-9H,3-4,7H2,1-2H3/q+1. The van der Waals surface area contributed by atoms with Gasteiger partial charge in [-0.1, -0.05) is 6.92 Å². The molecule has 0 aliphatic heterocycles. The summed E-state index contributed by atoms with van der Waals surface area (Å²) < 4.78 is 2.15. The van der Waals surface area contributed by atoms with E-state index < -0.39 is 0 Å². The van der Waals surface area contributed by atoms with Crippen molar-refractivity contribution in [3.8, 4) is 0 Å². The quantitative estimate of drug-likeness (QED) is 0.511. The average molecular weight is 162 g/mol. The zero-order chi connectivity index (χ0) is 8.55.